The molecule has 4 bridgehead atoms. The first kappa shape index (κ1) is 18.3. The van der Waals surface area contributed by atoms with E-state index >= 15 is 0 Å². The molecule has 0 fully saturated rings. The van der Waals surface area contributed by atoms with Gasteiger partial charge in [-0.1, -0.05) is 18.2 Å². The molecule has 138 valence electrons. The van der Waals surface area contributed by atoms with Gasteiger partial charge in [0.1, 0.15) is 11.9 Å². The number of carbonyl (C=O) groups is 1. The molecule has 2 heterocycles. The van der Waals surface area contributed by atoms with Gasteiger partial charge >= 0.3 is 5.97 Å². The molecule has 1 atom stereocenters. The highest BCUT2D eigenvalue weighted by atomic mass is 16.5. The van der Waals surface area contributed by atoms with Crippen LogP contribution in [0.1, 0.15) is 43.7 Å². The normalized spacial score (nSPS) is 17.5. The smallest absolute Gasteiger partial charge is 0.302 e. The molecule has 0 saturated heterocycles. The molecule has 0 unspecified atom stereocenters. The second-order valence-corrected chi connectivity index (χ2v) is 6.75. The Morgan fingerprint density at radius 2 is 1.77 bits per heavy atom. The van der Waals surface area contributed by atoms with E-state index in [0.29, 0.717) is 0 Å². The zero-order chi connectivity index (χ0) is 18.4. The monoisotopic (exact) mass is 354 g/mol. The van der Waals surface area contributed by atoms with Gasteiger partial charge in [-0.05, 0) is 73.9 Å². The van der Waals surface area contributed by atoms with Gasteiger partial charge in [-0.3, -0.25) is 4.79 Å². The predicted octanol–water partition coefficient (Wildman–Crippen LogP) is 5.08. The van der Waals surface area contributed by atoms with E-state index in [4.69, 9.17) is 14.2 Å². The molecule has 0 aromatic heterocycles. The van der Waals surface area contributed by atoms with Crippen LogP contribution in [0.15, 0.2) is 42.5 Å². The van der Waals surface area contributed by atoms with Gasteiger partial charge in [-0.15, -0.1) is 0 Å². The molecule has 2 aromatic carbocycles. The highest BCUT2D eigenvalue weighted by Crippen LogP contribution is 2.33. The van der Waals surface area contributed by atoms with Gasteiger partial charge in [0.05, 0.1) is 7.11 Å². The maximum Gasteiger partial charge on any atom is 0.302 e. The summed E-state index contributed by atoms with van der Waals surface area (Å²) in [6.45, 7) is 1.49. The predicted molar refractivity (Wildman–Crippen MR) is 101 cm³/mol. The number of esters is 1. The largest absolute Gasteiger partial charge is 0.493 e. The summed E-state index contributed by atoms with van der Waals surface area (Å²) in [5.74, 6) is 2.06. The van der Waals surface area contributed by atoms with Crippen LogP contribution in [0.3, 0.4) is 0 Å². The van der Waals surface area contributed by atoms with Crippen LogP contribution < -0.4 is 9.47 Å². The third-order valence-corrected chi connectivity index (χ3v) is 4.71. The van der Waals surface area contributed by atoms with Crippen molar-refractivity contribution < 1.29 is 19.0 Å². The average molecular weight is 354 g/mol. The Hall–Kier alpha value is -2.49. The van der Waals surface area contributed by atoms with Gasteiger partial charge in [0.15, 0.2) is 11.5 Å². The first-order valence-electron chi connectivity index (χ1n) is 9.25. The summed E-state index contributed by atoms with van der Waals surface area (Å²) in [6, 6.07) is 14.2. The molecule has 4 rings (SSSR count). The number of carbonyl (C=O) groups excluding carboxylic acids is 1. The highest BCUT2D eigenvalue weighted by molar-refractivity contribution is 5.66. The van der Waals surface area contributed by atoms with Crippen LogP contribution in [0, 0.1) is 0 Å². The number of fused-ring (bicyclic) bond motifs is 8. The van der Waals surface area contributed by atoms with Crippen LogP contribution >= 0.6 is 0 Å². The van der Waals surface area contributed by atoms with Crippen molar-refractivity contribution in [3.05, 3.63) is 53.6 Å². The number of benzene rings is 2. The molecule has 0 spiro atoms. The van der Waals surface area contributed by atoms with Crippen molar-refractivity contribution in [1.82, 2.24) is 0 Å². The molecule has 0 aliphatic carbocycles. The molecule has 0 N–H and O–H groups in total. The summed E-state index contributed by atoms with van der Waals surface area (Å²) in [5, 5.41) is 0. The summed E-state index contributed by atoms with van der Waals surface area (Å²) < 4.78 is 17.0. The van der Waals surface area contributed by atoms with Crippen molar-refractivity contribution in [3.63, 3.8) is 0 Å². The van der Waals surface area contributed by atoms with Gasteiger partial charge in [-0.2, -0.15) is 0 Å². The van der Waals surface area contributed by atoms with E-state index in [1.807, 2.05) is 18.2 Å². The molecule has 2 aromatic rings. The van der Waals surface area contributed by atoms with E-state index in [2.05, 4.69) is 24.3 Å². The van der Waals surface area contributed by atoms with Crippen LogP contribution in [0.25, 0.3) is 0 Å². The Balaban J connectivity index is 1.84. The first-order chi connectivity index (χ1) is 12.6. The van der Waals surface area contributed by atoms with Gasteiger partial charge in [0, 0.05) is 6.92 Å². The zero-order valence-electron chi connectivity index (χ0n) is 15.5. The van der Waals surface area contributed by atoms with Crippen molar-refractivity contribution in [1.29, 1.82) is 0 Å². The molecule has 0 amide bonds. The molecule has 26 heavy (non-hydrogen) atoms. The topological polar surface area (TPSA) is 44.8 Å². The lowest BCUT2D eigenvalue weighted by Gasteiger charge is -2.17. The van der Waals surface area contributed by atoms with Crippen molar-refractivity contribution >= 4 is 5.97 Å². The van der Waals surface area contributed by atoms with Crippen molar-refractivity contribution in [2.75, 3.05) is 7.11 Å². The van der Waals surface area contributed by atoms with Gasteiger partial charge in [-0.25, -0.2) is 0 Å². The Morgan fingerprint density at radius 1 is 1.00 bits per heavy atom. The van der Waals surface area contributed by atoms with E-state index in [9.17, 15) is 4.79 Å². The lowest BCUT2D eigenvalue weighted by atomic mass is 10.0. The van der Waals surface area contributed by atoms with Crippen LogP contribution in [-0.4, -0.2) is 19.2 Å². The first-order valence-corrected chi connectivity index (χ1v) is 9.25. The Labute approximate surface area is 155 Å². The Morgan fingerprint density at radius 3 is 2.50 bits per heavy atom. The molecular weight excluding hydrogens is 328 g/mol. The van der Waals surface area contributed by atoms with Crippen LogP contribution in [0.4, 0.5) is 0 Å². The molecule has 4 nitrogen and oxygen atoms in total. The van der Waals surface area contributed by atoms with Gasteiger partial charge in [0.25, 0.3) is 0 Å². The number of ether oxygens (including phenoxy) is 3. The minimum atomic E-state index is -0.198. The zero-order valence-corrected chi connectivity index (χ0v) is 15.5. The van der Waals surface area contributed by atoms with E-state index in [0.717, 1.165) is 55.8 Å². The summed E-state index contributed by atoms with van der Waals surface area (Å²) in [7, 11) is 1.66. The van der Waals surface area contributed by atoms with Crippen molar-refractivity contribution in [3.8, 4) is 17.2 Å². The minimum Gasteiger partial charge on any atom is -0.493 e. The fourth-order valence-electron chi connectivity index (χ4n) is 3.33. The number of aryl methyl sites for hydroxylation is 2. The van der Waals surface area contributed by atoms with Crippen molar-refractivity contribution in [2.45, 2.75) is 51.6 Å². The van der Waals surface area contributed by atoms with E-state index in [1.165, 1.54) is 18.1 Å². The number of methoxy groups -OCH3 is 1. The SMILES string of the molecule is COc1ccc2cc1Oc1ccc(cc1)CC[C@@H](OC(C)=O)CCCC2. The molecule has 0 radical (unpaired) electrons. The van der Waals surface area contributed by atoms with E-state index < -0.39 is 0 Å². The fraction of sp³-hybridized carbons (Fsp3) is 0.409. The number of hydrogen-bond donors (Lipinski definition) is 0. The number of hydrogen-bond acceptors (Lipinski definition) is 4. The quantitative estimate of drug-likeness (QED) is 0.706. The fourth-order valence-corrected chi connectivity index (χ4v) is 3.33. The summed E-state index contributed by atoms with van der Waals surface area (Å²) in [5.41, 5.74) is 2.43. The maximum absolute atomic E-state index is 11.4. The molecule has 0 saturated carbocycles. The third kappa shape index (κ3) is 5.01. The van der Waals surface area contributed by atoms with Crippen LogP contribution in [0.5, 0.6) is 17.2 Å². The lowest BCUT2D eigenvalue weighted by Crippen LogP contribution is -2.17. The summed E-state index contributed by atoms with van der Waals surface area (Å²) >= 11 is 0. The Bertz CT molecular complexity index is 736. The van der Waals surface area contributed by atoms with Crippen LogP contribution in [-0.2, 0) is 22.4 Å². The van der Waals surface area contributed by atoms with Gasteiger partial charge in [0.2, 0.25) is 0 Å². The van der Waals surface area contributed by atoms with E-state index in [1.54, 1.807) is 7.11 Å². The molecule has 4 heteroatoms. The average Bonchev–Trinajstić information content (AvgIpc) is 2.64. The number of rotatable bonds is 2. The molecule has 2 aliphatic heterocycles. The highest BCUT2D eigenvalue weighted by Gasteiger charge is 2.14. The van der Waals surface area contributed by atoms with Gasteiger partial charge < -0.3 is 14.2 Å². The summed E-state index contributed by atoms with van der Waals surface area (Å²) in [4.78, 5) is 11.4. The molecule has 2 aliphatic rings. The third-order valence-electron chi connectivity index (χ3n) is 4.71. The standard InChI is InChI=1S/C22H26O4/c1-16(23)25-19-6-4-3-5-18-10-14-21(24-2)22(15-18)26-20-12-8-17(7-11-19)9-13-20/h8-10,12-15,19H,3-7,11H2,1-2H3/t19-/m0/s1. The second-order valence-electron chi connectivity index (χ2n) is 6.75. The minimum absolute atomic E-state index is 0.0139. The second kappa shape index (κ2) is 8.75. The summed E-state index contributed by atoms with van der Waals surface area (Å²) in [6.07, 6.45) is 5.66. The maximum atomic E-state index is 11.4. The lowest BCUT2D eigenvalue weighted by molar-refractivity contribution is -0.147. The van der Waals surface area contributed by atoms with Crippen LogP contribution in [0.2, 0.25) is 0 Å². The van der Waals surface area contributed by atoms with Crippen molar-refractivity contribution in [2.24, 2.45) is 0 Å². The Kier molecular flexibility index (Phi) is 6.16. The molecular formula is C22H26O4. The van der Waals surface area contributed by atoms with E-state index in [-0.39, 0.29) is 12.1 Å².